The van der Waals surface area contributed by atoms with E-state index in [4.69, 9.17) is 9.47 Å². The van der Waals surface area contributed by atoms with Gasteiger partial charge in [0.1, 0.15) is 12.6 Å². The minimum atomic E-state index is -0.963. The molecular weight excluding hydrogens is 450 g/mol. The summed E-state index contributed by atoms with van der Waals surface area (Å²) in [5.41, 5.74) is 6.34. The van der Waals surface area contributed by atoms with Crippen LogP contribution < -0.4 is 5.32 Å². The van der Waals surface area contributed by atoms with E-state index in [9.17, 15) is 9.59 Å². The number of carbonyl (C=O) groups excluding carboxylic acids is 2. The Morgan fingerprint density at radius 1 is 0.722 bits per heavy atom. The predicted molar refractivity (Wildman–Crippen MR) is 139 cm³/mol. The number of ether oxygens (including phenoxy) is 2. The van der Waals surface area contributed by atoms with Gasteiger partial charge in [-0.2, -0.15) is 0 Å². The first-order valence-electron chi connectivity index (χ1n) is 12.0. The molecule has 0 aromatic heterocycles. The van der Waals surface area contributed by atoms with E-state index in [0.717, 1.165) is 33.4 Å². The van der Waals surface area contributed by atoms with Gasteiger partial charge >= 0.3 is 12.1 Å². The van der Waals surface area contributed by atoms with Gasteiger partial charge in [0.2, 0.25) is 0 Å². The number of amides is 1. The fourth-order valence-corrected chi connectivity index (χ4v) is 5.07. The first-order chi connectivity index (χ1) is 17.7. The highest BCUT2D eigenvalue weighted by atomic mass is 16.6. The minimum Gasteiger partial charge on any atom is -0.467 e. The highest BCUT2D eigenvalue weighted by Crippen LogP contribution is 2.44. The molecule has 0 saturated heterocycles. The third-order valence-electron chi connectivity index (χ3n) is 6.72. The molecule has 0 bridgehead atoms. The number of benzene rings is 4. The van der Waals surface area contributed by atoms with Crippen molar-refractivity contribution in [3.05, 3.63) is 131 Å². The molecule has 1 aliphatic carbocycles. The summed E-state index contributed by atoms with van der Waals surface area (Å²) in [5.74, 6) is -1.06. The van der Waals surface area contributed by atoms with E-state index in [1.165, 1.54) is 7.11 Å². The van der Waals surface area contributed by atoms with Gasteiger partial charge in [0.15, 0.2) is 0 Å². The molecule has 0 heterocycles. The van der Waals surface area contributed by atoms with Crippen LogP contribution in [0, 0.1) is 0 Å². The molecule has 0 spiro atoms. The maximum atomic E-state index is 13.1. The second-order valence-corrected chi connectivity index (χ2v) is 8.77. The highest BCUT2D eigenvalue weighted by Gasteiger charge is 2.35. The normalized spacial score (nSPS) is 12.9. The zero-order valence-corrected chi connectivity index (χ0v) is 20.0. The van der Waals surface area contributed by atoms with Gasteiger partial charge in [0, 0.05) is 11.8 Å². The summed E-state index contributed by atoms with van der Waals surface area (Å²) in [6, 6.07) is 34.6. The van der Waals surface area contributed by atoms with Crippen LogP contribution >= 0.6 is 0 Å². The summed E-state index contributed by atoms with van der Waals surface area (Å²) in [5, 5.41) is 2.80. The molecule has 5 nitrogen and oxygen atoms in total. The molecule has 0 radical (unpaired) electrons. The van der Waals surface area contributed by atoms with Gasteiger partial charge in [-0.25, -0.2) is 9.59 Å². The second-order valence-electron chi connectivity index (χ2n) is 8.77. The molecule has 0 fully saturated rings. The minimum absolute atomic E-state index is 0.0706. The predicted octanol–water partition coefficient (Wildman–Crippen LogP) is 5.90. The average molecular weight is 478 g/mol. The smallest absolute Gasteiger partial charge is 0.407 e. The topological polar surface area (TPSA) is 64.6 Å². The number of alkyl carbamates (subject to hydrolysis) is 1. The van der Waals surface area contributed by atoms with Crippen LogP contribution in [0.3, 0.4) is 0 Å². The lowest BCUT2D eigenvalue weighted by atomic mass is 9.85. The quantitative estimate of drug-likeness (QED) is 0.337. The first-order valence-corrected chi connectivity index (χ1v) is 12.0. The van der Waals surface area contributed by atoms with Gasteiger partial charge in [-0.15, -0.1) is 0 Å². The molecule has 0 unspecified atom stereocenters. The van der Waals surface area contributed by atoms with Gasteiger partial charge in [0.05, 0.1) is 7.11 Å². The molecule has 1 atom stereocenters. The lowest BCUT2D eigenvalue weighted by Crippen LogP contribution is -2.46. The number of hydrogen-bond donors (Lipinski definition) is 1. The van der Waals surface area contributed by atoms with E-state index in [2.05, 4.69) is 29.6 Å². The van der Waals surface area contributed by atoms with Crippen LogP contribution in [0.5, 0.6) is 0 Å². The van der Waals surface area contributed by atoms with Crippen molar-refractivity contribution in [3.8, 4) is 11.1 Å². The van der Waals surface area contributed by atoms with E-state index in [1.54, 1.807) is 0 Å². The van der Waals surface area contributed by atoms with E-state index >= 15 is 0 Å². The number of hydrogen-bond acceptors (Lipinski definition) is 4. The monoisotopic (exact) mass is 477 g/mol. The molecule has 0 aliphatic heterocycles. The number of esters is 1. The van der Waals surface area contributed by atoms with Crippen molar-refractivity contribution in [3.63, 3.8) is 0 Å². The van der Waals surface area contributed by atoms with Crippen molar-refractivity contribution in [1.29, 1.82) is 0 Å². The molecule has 1 N–H and O–H groups in total. The summed E-state index contributed by atoms with van der Waals surface area (Å²) < 4.78 is 10.8. The van der Waals surface area contributed by atoms with Crippen molar-refractivity contribution < 1.29 is 19.1 Å². The second kappa shape index (κ2) is 10.5. The standard InChI is InChI=1S/C31H27NO4/c1-35-30(33)29(28(21-12-4-2-5-13-21)22-14-6-3-7-15-22)32-31(34)36-20-27-25-18-10-8-16-23(25)24-17-9-11-19-26(24)27/h2-19,27-29H,20H2,1H3,(H,32,34)/t29-/m0/s1. The Balaban J connectivity index is 1.38. The van der Waals surface area contributed by atoms with Crippen LogP contribution in [-0.4, -0.2) is 31.8 Å². The van der Waals surface area contributed by atoms with Crippen molar-refractivity contribution in [1.82, 2.24) is 5.32 Å². The van der Waals surface area contributed by atoms with Gasteiger partial charge in [-0.05, 0) is 33.4 Å². The molecule has 5 rings (SSSR count). The van der Waals surface area contributed by atoms with Crippen LogP contribution in [0.25, 0.3) is 11.1 Å². The van der Waals surface area contributed by atoms with Gasteiger partial charge in [-0.1, -0.05) is 109 Å². The highest BCUT2D eigenvalue weighted by molar-refractivity contribution is 5.83. The third-order valence-corrected chi connectivity index (χ3v) is 6.72. The zero-order chi connectivity index (χ0) is 24.9. The third kappa shape index (κ3) is 4.60. The fraction of sp³-hybridized carbons (Fsp3) is 0.161. The molecule has 36 heavy (non-hydrogen) atoms. The maximum absolute atomic E-state index is 13.1. The number of rotatable bonds is 7. The number of fused-ring (bicyclic) bond motifs is 3. The molecule has 4 aromatic rings. The van der Waals surface area contributed by atoms with Crippen molar-refractivity contribution in [2.45, 2.75) is 17.9 Å². The number of carbonyl (C=O) groups is 2. The molecule has 180 valence electrons. The van der Waals surface area contributed by atoms with Crippen molar-refractivity contribution in [2.75, 3.05) is 13.7 Å². The molecule has 1 aliphatic rings. The average Bonchev–Trinajstić information content (AvgIpc) is 3.26. The van der Waals surface area contributed by atoms with Gasteiger partial charge < -0.3 is 14.8 Å². The Bertz CT molecular complexity index is 1270. The zero-order valence-electron chi connectivity index (χ0n) is 20.0. The Morgan fingerprint density at radius 3 is 1.69 bits per heavy atom. The Labute approximate surface area is 210 Å². The molecule has 0 saturated carbocycles. The molecule has 1 amide bonds. The van der Waals surface area contributed by atoms with Crippen LogP contribution in [0.4, 0.5) is 4.79 Å². The van der Waals surface area contributed by atoms with E-state index in [-0.39, 0.29) is 12.5 Å². The van der Waals surface area contributed by atoms with Crippen LogP contribution in [0.15, 0.2) is 109 Å². The Hall–Kier alpha value is -4.38. The molecule has 5 heteroatoms. The van der Waals surface area contributed by atoms with Crippen LogP contribution in [0.2, 0.25) is 0 Å². The maximum Gasteiger partial charge on any atom is 0.407 e. The largest absolute Gasteiger partial charge is 0.467 e. The number of methoxy groups -OCH3 is 1. The van der Waals surface area contributed by atoms with E-state index in [0.29, 0.717) is 0 Å². The molecule has 4 aromatic carbocycles. The van der Waals surface area contributed by atoms with E-state index < -0.39 is 24.0 Å². The van der Waals surface area contributed by atoms with E-state index in [1.807, 2.05) is 84.9 Å². The van der Waals surface area contributed by atoms with Crippen LogP contribution in [-0.2, 0) is 14.3 Å². The van der Waals surface area contributed by atoms with Crippen LogP contribution in [0.1, 0.15) is 34.1 Å². The summed E-state index contributed by atoms with van der Waals surface area (Å²) in [6.07, 6.45) is -0.663. The van der Waals surface area contributed by atoms with Gasteiger partial charge in [-0.3, -0.25) is 0 Å². The van der Waals surface area contributed by atoms with Gasteiger partial charge in [0.25, 0.3) is 0 Å². The lowest BCUT2D eigenvalue weighted by molar-refractivity contribution is -0.143. The summed E-state index contributed by atoms with van der Waals surface area (Å²) >= 11 is 0. The molecular formula is C31H27NO4. The first kappa shape index (κ1) is 23.4. The summed E-state index contributed by atoms with van der Waals surface area (Å²) in [6.45, 7) is 0.162. The summed E-state index contributed by atoms with van der Waals surface area (Å²) in [4.78, 5) is 26.0. The fourth-order valence-electron chi connectivity index (χ4n) is 5.07. The lowest BCUT2D eigenvalue weighted by Gasteiger charge is -2.27. The Kier molecular flexibility index (Phi) is 6.80. The van der Waals surface area contributed by atoms with Crippen molar-refractivity contribution in [2.24, 2.45) is 0 Å². The summed E-state index contributed by atoms with van der Waals surface area (Å²) in [7, 11) is 1.32. The number of nitrogens with one attached hydrogen (secondary N) is 1. The SMILES string of the molecule is COC(=O)[C@@H](NC(=O)OCC1c2ccccc2-c2ccccc21)C(c1ccccc1)c1ccccc1. The van der Waals surface area contributed by atoms with Crippen molar-refractivity contribution >= 4 is 12.1 Å². The Morgan fingerprint density at radius 2 is 1.19 bits per heavy atom.